The minimum atomic E-state index is -0.350. The van der Waals surface area contributed by atoms with Gasteiger partial charge in [0, 0.05) is 19.0 Å². The minimum Gasteiger partial charge on any atom is -0.392 e. The molecule has 1 amide bonds. The molecule has 0 bridgehead atoms. The van der Waals surface area contributed by atoms with Crippen LogP contribution in [0, 0.1) is 0 Å². The smallest absolute Gasteiger partial charge is 0.225 e. The first-order valence-corrected chi connectivity index (χ1v) is 7.92. The van der Waals surface area contributed by atoms with Gasteiger partial charge in [0.15, 0.2) is 0 Å². The molecule has 2 unspecified atom stereocenters. The normalized spacial score (nSPS) is 21.0. The molecule has 1 aliphatic heterocycles. The van der Waals surface area contributed by atoms with Gasteiger partial charge in [0.2, 0.25) is 5.91 Å². The van der Waals surface area contributed by atoms with E-state index in [2.05, 4.69) is 10.2 Å². The minimum absolute atomic E-state index is 0.0435. The lowest BCUT2D eigenvalue weighted by Gasteiger charge is -2.37. The molecule has 1 aliphatic rings. The number of aliphatic hydroxyl groups is 1. The number of halogens is 1. The predicted molar refractivity (Wildman–Crippen MR) is 85.6 cm³/mol. The molecular weight excluding hydrogens is 288 g/mol. The number of carbonyl (C=O) groups excluding carboxylic acids is 1. The lowest BCUT2D eigenvalue weighted by atomic mass is 9.98. The van der Waals surface area contributed by atoms with Crippen LogP contribution in [0.2, 0.25) is 5.02 Å². The molecule has 0 aromatic heterocycles. The van der Waals surface area contributed by atoms with E-state index in [0.717, 1.165) is 25.8 Å². The summed E-state index contributed by atoms with van der Waals surface area (Å²) in [4.78, 5) is 14.2. The van der Waals surface area contributed by atoms with Crippen LogP contribution in [0.1, 0.15) is 32.6 Å². The van der Waals surface area contributed by atoms with Gasteiger partial charge in [-0.05, 0) is 38.4 Å². The first-order chi connectivity index (χ1) is 10.1. The molecule has 1 heterocycles. The quantitative estimate of drug-likeness (QED) is 0.879. The highest BCUT2D eigenvalue weighted by Crippen LogP contribution is 2.22. The number of anilines is 1. The number of piperidine rings is 1. The van der Waals surface area contributed by atoms with Gasteiger partial charge in [-0.2, -0.15) is 0 Å². The number of para-hydroxylation sites is 1. The number of nitrogens with zero attached hydrogens (tertiary/aromatic N) is 1. The Morgan fingerprint density at radius 3 is 2.95 bits per heavy atom. The van der Waals surface area contributed by atoms with E-state index in [4.69, 9.17) is 11.6 Å². The molecule has 2 rings (SSSR count). The van der Waals surface area contributed by atoms with Crippen molar-refractivity contribution < 1.29 is 9.90 Å². The van der Waals surface area contributed by atoms with Gasteiger partial charge in [-0.3, -0.25) is 9.69 Å². The molecule has 1 aromatic rings. The maximum absolute atomic E-state index is 12.0. The van der Waals surface area contributed by atoms with Gasteiger partial charge >= 0.3 is 0 Å². The molecule has 4 nitrogen and oxygen atoms in total. The zero-order chi connectivity index (χ0) is 15.2. The topological polar surface area (TPSA) is 52.6 Å². The van der Waals surface area contributed by atoms with Crippen LogP contribution in [0.4, 0.5) is 5.69 Å². The van der Waals surface area contributed by atoms with Gasteiger partial charge in [-0.15, -0.1) is 0 Å². The van der Waals surface area contributed by atoms with E-state index in [1.54, 1.807) is 12.1 Å². The Morgan fingerprint density at radius 2 is 2.24 bits per heavy atom. The van der Waals surface area contributed by atoms with Crippen LogP contribution in [0.3, 0.4) is 0 Å². The SMILES string of the molecule is CC(O)C1CCCCN1CCC(=O)Nc1ccccc1Cl. The van der Waals surface area contributed by atoms with E-state index in [1.165, 1.54) is 0 Å². The van der Waals surface area contributed by atoms with Crippen molar-refractivity contribution in [3.63, 3.8) is 0 Å². The van der Waals surface area contributed by atoms with Crippen molar-refractivity contribution in [1.82, 2.24) is 4.90 Å². The van der Waals surface area contributed by atoms with Crippen LogP contribution >= 0.6 is 11.6 Å². The Balaban J connectivity index is 1.84. The third kappa shape index (κ3) is 4.70. The van der Waals surface area contributed by atoms with Crippen molar-refractivity contribution in [2.75, 3.05) is 18.4 Å². The van der Waals surface area contributed by atoms with E-state index >= 15 is 0 Å². The van der Waals surface area contributed by atoms with Crippen molar-refractivity contribution in [3.05, 3.63) is 29.3 Å². The molecule has 2 atom stereocenters. The first kappa shape index (κ1) is 16.3. The molecule has 1 saturated heterocycles. The molecule has 0 aliphatic carbocycles. The first-order valence-electron chi connectivity index (χ1n) is 7.54. The van der Waals surface area contributed by atoms with E-state index in [1.807, 2.05) is 19.1 Å². The molecule has 21 heavy (non-hydrogen) atoms. The predicted octanol–water partition coefficient (Wildman–Crippen LogP) is 2.90. The van der Waals surface area contributed by atoms with Crippen LogP contribution in [0.5, 0.6) is 0 Å². The summed E-state index contributed by atoms with van der Waals surface area (Å²) in [5.74, 6) is -0.0435. The monoisotopic (exact) mass is 310 g/mol. The summed E-state index contributed by atoms with van der Waals surface area (Å²) in [5, 5.41) is 13.2. The number of carbonyl (C=O) groups is 1. The maximum Gasteiger partial charge on any atom is 0.225 e. The molecule has 0 spiro atoms. The van der Waals surface area contributed by atoms with Gasteiger partial charge in [0.25, 0.3) is 0 Å². The fraction of sp³-hybridized carbons (Fsp3) is 0.562. The summed E-state index contributed by atoms with van der Waals surface area (Å²) in [6.07, 6.45) is 3.35. The Bertz CT molecular complexity index is 479. The van der Waals surface area contributed by atoms with Gasteiger partial charge in [0.1, 0.15) is 0 Å². The summed E-state index contributed by atoms with van der Waals surface area (Å²) in [5.41, 5.74) is 0.648. The van der Waals surface area contributed by atoms with Crippen LogP contribution in [-0.2, 0) is 4.79 Å². The number of aliphatic hydroxyl groups excluding tert-OH is 1. The molecule has 0 radical (unpaired) electrons. The zero-order valence-corrected chi connectivity index (χ0v) is 13.1. The Hall–Kier alpha value is -1.10. The lowest BCUT2D eigenvalue weighted by molar-refractivity contribution is -0.116. The van der Waals surface area contributed by atoms with Crippen LogP contribution in [0.15, 0.2) is 24.3 Å². The Morgan fingerprint density at radius 1 is 1.48 bits per heavy atom. The number of amides is 1. The second-order valence-electron chi connectivity index (χ2n) is 5.62. The van der Waals surface area contributed by atoms with E-state index in [-0.39, 0.29) is 18.1 Å². The average molecular weight is 311 g/mol. The van der Waals surface area contributed by atoms with E-state index in [9.17, 15) is 9.90 Å². The molecule has 5 heteroatoms. The van der Waals surface area contributed by atoms with Gasteiger partial charge in [-0.1, -0.05) is 30.2 Å². The third-order valence-electron chi connectivity index (χ3n) is 4.00. The van der Waals surface area contributed by atoms with Crippen molar-refractivity contribution in [2.45, 2.75) is 44.8 Å². The standard InChI is InChI=1S/C16H23ClN2O2/c1-12(20)15-8-4-5-10-19(15)11-9-16(21)18-14-7-3-2-6-13(14)17/h2-3,6-7,12,15,20H,4-5,8-11H2,1H3,(H,18,21). The number of rotatable bonds is 5. The van der Waals surface area contributed by atoms with Crippen molar-refractivity contribution in [3.8, 4) is 0 Å². The maximum atomic E-state index is 12.0. The van der Waals surface area contributed by atoms with Gasteiger partial charge in [-0.25, -0.2) is 0 Å². The molecular formula is C16H23ClN2O2. The fourth-order valence-electron chi connectivity index (χ4n) is 2.86. The Labute approximate surface area is 131 Å². The highest BCUT2D eigenvalue weighted by molar-refractivity contribution is 6.33. The Kier molecular flexibility index (Phi) is 6.03. The average Bonchev–Trinajstić information content (AvgIpc) is 2.48. The number of benzene rings is 1. The second kappa shape index (κ2) is 7.78. The lowest BCUT2D eigenvalue weighted by Crippen LogP contribution is -2.46. The highest BCUT2D eigenvalue weighted by atomic mass is 35.5. The second-order valence-corrected chi connectivity index (χ2v) is 6.02. The largest absolute Gasteiger partial charge is 0.392 e. The third-order valence-corrected chi connectivity index (χ3v) is 4.32. The summed E-state index contributed by atoms with van der Waals surface area (Å²) >= 11 is 6.02. The summed E-state index contributed by atoms with van der Waals surface area (Å²) in [6.45, 7) is 3.45. The highest BCUT2D eigenvalue weighted by Gasteiger charge is 2.26. The van der Waals surface area contributed by atoms with Crippen molar-refractivity contribution in [2.24, 2.45) is 0 Å². The van der Waals surface area contributed by atoms with Crippen LogP contribution < -0.4 is 5.32 Å². The van der Waals surface area contributed by atoms with Gasteiger partial charge < -0.3 is 10.4 Å². The van der Waals surface area contributed by atoms with Crippen LogP contribution in [-0.4, -0.2) is 41.1 Å². The van der Waals surface area contributed by atoms with E-state index < -0.39 is 0 Å². The number of hydrogen-bond donors (Lipinski definition) is 2. The number of nitrogens with one attached hydrogen (secondary N) is 1. The summed E-state index contributed by atoms with van der Waals surface area (Å²) < 4.78 is 0. The van der Waals surface area contributed by atoms with Crippen molar-refractivity contribution in [1.29, 1.82) is 0 Å². The van der Waals surface area contributed by atoms with Crippen LogP contribution in [0.25, 0.3) is 0 Å². The molecule has 116 valence electrons. The number of hydrogen-bond acceptors (Lipinski definition) is 3. The van der Waals surface area contributed by atoms with Crippen molar-refractivity contribution >= 4 is 23.2 Å². The molecule has 0 saturated carbocycles. The number of likely N-dealkylation sites (tertiary alicyclic amines) is 1. The fourth-order valence-corrected chi connectivity index (χ4v) is 3.04. The van der Waals surface area contributed by atoms with E-state index in [0.29, 0.717) is 23.7 Å². The summed E-state index contributed by atoms with van der Waals surface area (Å²) in [6, 6.07) is 7.39. The van der Waals surface area contributed by atoms with Gasteiger partial charge in [0.05, 0.1) is 16.8 Å². The summed E-state index contributed by atoms with van der Waals surface area (Å²) in [7, 11) is 0. The molecule has 1 fully saturated rings. The zero-order valence-electron chi connectivity index (χ0n) is 12.4. The molecule has 1 aromatic carbocycles. The molecule has 2 N–H and O–H groups in total.